The van der Waals surface area contributed by atoms with E-state index < -0.39 is 18.3 Å². The summed E-state index contributed by atoms with van der Waals surface area (Å²) in [6, 6.07) is 5.85. The Morgan fingerprint density at radius 3 is 2.64 bits per heavy atom. The number of nitrogens with zero attached hydrogens (tertiary/aromatic N) is 2. The topological polar surface area (TPSA) is 117 Å². The maximum absolute atomic E-state index is 12.2. The molecule has 0 spiro atoms. The molecule has 2 heterocycles. The molecule has 9 nitrogen and oxygen atoms in total. The van der Waals surface area contributed by atoms with E-state index >= 15 is 0 Å². The molecule has 2 aliphatic heterocycles. The van der Waals surface area contributed by atoms with E-state index in [0.717, 1.165) is 38.3 Å². The number of aliphatic carboxylic acids is 1. The summed E-state index contributed by atoms with van der Waals surface area (Å²) < 4.78 is 11.2. The summed E-state index contributed by atoms with van der Waals surface area (Å²) in [6.07, 6.45) is -0.802. The van der Waals surface area contributed by atoms with E-state index in [1.54, 1.807) is 29.2 Å². The molecule has 154 valence electrons. The molecule has 0 bridgehead atoms. The lowest BCUT2D eigenvalue weighted by Crippen LogP contribution is -2.47. The molecule has 2 fully saturated rings. The monoisotopic (exact) mass is 392 g/mol. The summed E-state index contributed by atoms with van der Waals surface area (Å²) in [6.45, 7) is 7.23. The van der Waals surface area contributed by atoms with Gasteiger partial charge in [-0.05, 0) is 31.0 Å². The third-order valence-corrected chi connectivity index (χ3v) is 5.15. The van der Waals surface area contributed by atoms with Crippen LogP contribution in [0.2, 0.25) is 0 Å². The number of nitrogens with two attached hydrogens (primary N) is 1. The number of hydrogen-bond acceptors (Lipinski definition) is 7. The van der Waals surface area contributed by atoms with Crippen molar-refractivity contribution in [3.8, 4) is 5.75 Å². The smallest absolute Gasteiger partial charge is 0.413 e. The Kier molecular flexibility index (Phi) is 6.71. The predicted octanol–water partition coefficient (Wildman–Crippen LogP) is 0.0918. The first-order chi connectivity index (χ1) is 13.4. The standard InChI is InChI=1S/C19H28N4O5/c1-13-18(27-15-4-2-14(3-5-15)12-16(20)17(24)25)28-19(26)23(13)11-10-22-8-6-21-7-9-22/h2-5,13,16,18,21H,6-12,20H2,1H3,(H,24,25). The van der Waals surface area contributed by atoms with Gasteiger partial charge in [-0.1, -0.05) is 12.1 Å². The number of carboxylic acid groups (broad SMARTS) is 1. The van der Waals surface area contributed by atoms with Crippen molar-refractivity contribution in [1.82, 2.24) is 15.1 Å². The lowest BCUT2D eigenvalue weighted by molar-refractivity contribution is -0.138. The number of nitrogens with one attached hydrogen (secondary N) is 1. The molecule has 1 aromatic carbocycles. The summed E-state index contributed by atoms with van der Waals surface area (Å²) in [4.78, 5) is 27.1. The Morgan fingerprint density at radius 1 is 1.32 bits per heavy atom. The fourth-order valence-electron chi connectivity index (χ4n) is 3.36. The second kappa shape index (κ2) is 9.22. The highest BCUT2D eigenvalue weighted by Gasteiger charge is 2.40. The minimum absolute atomic E-state index is 0.199. The average Bonchev–Trinajstić information content (AvgIpc) is 2.95. The van der Waals surface area contributed by atoms with Gasteiger partial charge >= 0.3 is 12.1 Å². The first-order valence-corrected chi connectivity index (χ1v) is 9.58. The summed E-state index contributed by atoms with van der Waals surface area (Å²) in [5.41, 5.74) is 6.35. The van der Waals surface area contributed by atoms with Crippen LogP contribution >= 0.6 is 0 Å². The number of carbonyl (C=O) groups is 2. The molecule has 1 aromatic rings. The number of amides is 1. The molecule has 0 radical (unpaired) electrons. The SMILES string of the molecule is CC1C(Oc2ccc(CC(N)C(=O)O)cc2)OC(=O)N1CCN1CCNCC1. The Balaban J connectivity index is 1.51. The van der Waals surface area contributed by atoms with Gasteiger partial charge in [-0.3, -0.25) is 14.6 Å². The van der Waals surface area contributed by atoms with Gasteiger partial charge in [0.25, 0.3) is 6.29 Å². The molecule has 9 heteroatoms. The van der Waals surface area contributed by atoms with Gasteiger partial charge in [0.2, 0.25) is 0 Å². The molecule has 0 saturated carbocycles. The molecule has 0 aliphatic carbocycles. The third-order valence-electron chi connectivity index (χ3n) is 5.15. The van der Waals surface area contributed by atoms with Crippen molar-refractivity contribution in [3.63, 3.8) is 0 Å². The van der Waals surface area contributed by atoms with Crippen LogP contribution in [-0.4, -0.2) is 84.6 Å². The highest BCUT2D eigenvalue weighted by Crippen LogP contribution is 2.23. The van der Waals surface area contributed by atoms with E-state index in [1.165, 1.54) is 0 Å². The van der Waals surface area contributed by atoms with E-state index in [4.69, 9.17) is 20.3 Å². The van der Waals surface area contributed by atoms with Crippen LogP contribution in [0.5, 0.6) is 5.75 Å². The van der Waals surface area contributed by atoms with Crippen molar-refractivity contribution in [2.24, 2.45) is 5.73 Å². The van der Waals surface area contributed by atoms with E-state index in [0.29, 0.717) is 12.3 Å². The van der Waals surface area contributed by atoms with Crippen LogP contribution < -0.4 is 15.8 Å². The number of benzene rings is 1. The second-order valence-electron chi connectivity index (χ2n) is 7.19. The van der Waals surface area contributed by atoms with E-state index in [2.05, 4.69) is 10.2 Å². The number of carboxylic acids is 1. The van der Waals surface area contributed by atoms with Crippen LogP contribution in [0.1, 0.15) is 12.5 Å². The average molecular weight is 392 g/mol. The van der Waals surface area contributed by atoms with Gasteiger partial charge in [0.15, 0.2) is 0 Å². The van der Waals surface area contributed by atoms with Crippen molar-refractivity contribution in [2.45, 2.75) is 31.7 Å². The van der Waals surface area contributed by atoms with Gasteiger partial charge < -0.3 is 25.6 Å². The number of ether oxygens (including phenoxy) is 2. The van der Waals surface area contributed by atoms with Gasteiger partial charge in [-0.15, -0.1) is 0 Å². The molecule has 28 heavy (non-hydrogen) atoms. The van der Waals surface area contributed by atoms with Crippen molar-refractivity contribution < 1.29 is 24.2 Å². The molecule has 3 atom stereocenters. The molecular formula is C19H28N4O5. The molecule has 0 aromatic heterocycles. The highest BCUT2D eigenvalue weighted by molar-refractivity contribution is 5.73. The molecular weight excluding hydrogens is 364 g/mol. The van der Waals surface area contributed by atoms with Crippen molar-refractivity contribution in [1.29, 1.82) is 0 Å². The number of cyclic esters (lactones) is 1. The normalized spacial score (nSPS) is 24.1. The van der Waals surface area contributed by atoms with Crippen LogP contribution in [0.25, 0.3) is 0 Å². The second-order valence-corrected chi connectivity index (χ2v) is 7.19. The van der Waals surface area contributed by atoms with Crippen LogP contribution in [0, 0.1) is 0 Å². The third kappa shape index (κ3) is 5.12. The summed E-state index contributed by atoms with van der Waals surface area (Å²) in [5, 5.41) is 12.2. The first kappa shape index (κ1) is 20.4. The number of carbonyl (C=O) groups excluding carboxylic acids is 1. The first-order valence-electron chi connectivity index (χ1n) is 9.58. The van der Waals surface area contributed by atoms with Gasteiger partial charge in [-0.2, -0.15) is 0 Å². The fourth-order valence-corrected chi connectivity index (χ4v) is 3.36. The Hall–Kier alpha value is -2.36. The zero-order valence-electron chi connectivity index (χ0n) is 16.0. The molecule has 1 amide bonds. The van der Waals surface area contributed by atoms with Gasteiger partial charge in [0.1, 0.15) is 17.8 Å². The largest absolute Gasteiger partial charge is 0.480 e. The van der Waals surface area contributed by atoms with E-state index in [-0.39, 0.29) is 18.6 Å². The minimum Gasteiger partial charge on any atom is -0.480 e. The highest BCUT2D eigenvalue weighted by atomic mass is 16.7. The van der Waals surface area contributed by atoms with Gasteiger partial charge in [0, 0.05) is 39.3 Å². The zero-order valence-corrected chi connectivity index (χ0v) is 16.0. The van der Waals surface area contributed by atoms with E-state index in [1.807, 2.05) is 6.92 Å². The molecule has 4 N–H and O–H groups in total. The summed E-state index contributed by atoms with van der Waals surface area (Å²) in [7, 11) is 0. The maximum Gasteiger partial charge on any atom is 0.413 e. The Bertz CT molecular complexity index is 677. The van der Waals surface area contributed by atoms with Crippen molar-refractivity contribution in [2.75, 3.05) is 39.3 Å². The van der Waals surface area contributed by atoms with Crippen LogP contribution in [-0.2, 0) is 16.0 Å². The predicted molar refractivity (Wildman–Crippen MR) is 102 cm³/mol. The maximum atomic E-state index is 12.2. The Morgan fingerprint density at radius 2 is 2.00 bits per heavy atom. The molecule has 2 saturated heterocycles. The lowest BCUT2D eigenvalue weighted by Gasteiger charge is -2.29. The summed E-state index contributed by atoms with van der Waals surface area (Å²) in [5.74, 6) is -0.478. The molecule has 2 aliphatic rings. The van der Waals surface area contributed by atoms with Crippen LogP contribution in [0.4, 0.5) is 4.79 Å². The number of piperazine rings is 1. The number of hydrogen-bond donors (Lipinski definition) is 3. The number of rotatable bonds is 8. The quantitative estimate of drug-likeness (QED) is 0.570. The molecule has 3 rings (SSSR count). The van der Waals surface area contributed by atoms with Gasteiger partial charge in [0.05, 0.1) is 0 Å². The Labute approximate surface area is 164 Å². The van der Waals surface area contributed by atoms with Crippen LogP contribution in [0.15, 0.2) is 24.3 Å². The zero-order chi connectivity index (χ0) is 20.1. The lowest BCUT2D eigenvalue weighted by atomic mass is 10.1. The van der Waals surface area contributed by atoms with Crippen LogP contribution in [0.3, 0.4) is 0 Å². The molecule has 3 unspecified atom stereocenters. The van der Waals surface area contributed by atoms with E-state index in [9.17, 15) is 9.59 Å². The van der Waals surface area contributed by atoms with Crippen molar-refractivity contribution >= 4 is 12.1 Å². The fraction of sp³-hybridized carbons (Fsp3) is 0.579. The minimum atomic E-state index is -1.03. The van der Waals surface area contributed by atoms with Crippen molar-refractivity contribution in [3.05, 3.63) is 29.8 Å². The summed E-state index contributed by atoms with van der Waals surface area (Å²) >= 11 is 0. The van der Waals surface area contributed by atoms with Gasteiger partial charge in [-0.25, -0.2) is 4.79 Å².